The first kappa shape index (κ1) is 11.2. The Morgan fingerprint density at radius 3 is 2.88 bits per heavy atom. The number of anilines is 2. The predicted octanol–water partition coefficient (Wildman–Crippen LogP) is 0.295. The molecule has 1 aliphatic heterocycles. The smallest absolute Gasteiger partial charge is 0.243 e. The van der Waals surface area contributed by atoms with Crippen molar-refractivity contribution >= 4 is 11.9 Å². The van der Waals surface area contributed by atoms with Crippen molar-refractivity contribution in [1.82, 2.24) is 14.8 Å². The second-order valence-electron chi connectivity index (χ2n) is 3.58. The lowest BCUT2D eigenvalue weighted by molar-refractivity contribution is -0.135. The van der Waals surface area contributed by atoms with Crippen molar-refractivity contribution < 1.29 is 9.47 Å². The number of hydrogen-bond donors (Lipinski definition) is 2. The minimum Gasteiger partial charge on any atom is -0.356 e. The number of rotatable bonds is 4. The van der Waals surface area contributed by atoms with E-state index in [9.17, 15) is 0 Å². The first-order valence-electron chi connectivity index (χ1n) is 5.24. The number of hydrogen-bond acceptors (Lipinski definition) is 6. The Labute approximate surface area is 94.1 Å². The molecule has 1 aromatic heterocycles. The zero-order valence-electron chi connectivity index (χ0n) is 9.73. The summed E-state index contributed by atoms with van der Waals surface area (Å²) in [4.78, 5) is 4.29. The lowest BCUT2D eigenvalue weighted by Crippen LogP contribution is -2.34. The van der Waals surface area contributed by atoms with E-state index in [1.807, 2.05) is 4.68 Å². The maximum absolute atomic E-state index is 5.28. The summed E-state index contributed by atoms with van der Waals surface area (Å²) in [5.41, 5.74) is 0. The van der Waals surface area contributed by atoms with Crippen LogP contribution in [0.5, 0.6) is 0 Å². The highest BCUT2D eigenvalue weighted by atomic mass is 16.7. The molecular weight excluding hydrogens is 210 g/mol. The van der Waals surface area contributed by atoms with Gasteiger partial charge in [-0.3, -0.25) is 0 Å². The fourth-order valence-corrected chi connectivity index (χ4v) is 1.90. The van der Waals surface area contributed by atoms with Gasteiger partial charge >= 0.3 is 0 Å². The average Bonchev–Trinajstić information content (AvgIpc) is 2.74. The maximum atomic E-state index is 5.28. The Balaban J connectivity index is 2.27. The van der Waals surface area contributed by atoms with Crippen molar-refractivity contribution in [2.24, 2.45) is 0 Å². The molecular formula is C9H17N5O2. The fraction of sp³-hybridized carbons (Fsp3) is 0.778. The minimum atomic E-state index is -0.299. The summed E-state index contributed by atoms with van der Waals surface area (Å²) in [6.45, 7) is 0.843. The molecule has 1 aromatic rings. The van der Waals surface area contributed by atoms with Crippen LogP contribution in [0.25, 0.3) is 0 Å². The van der Waals surface area contributed by atoms with Gasteiger partial charge in [-0.2, -0.15) is 4.98 Å². The molecule has 90 valence electrons. The van der Waals surface area contributed by atoms with Gasteiger partial charge in [0.25, 0.3) is 0 Å². The normalized spacial score (nSPS) is 19.4. The van der Waals surface area contributed by atoms with Gasteiger partial charge in [-0.25, -0.2) is 4.68 Å². The summed E-state index contributed by atoms with van der Waals surface area (Å²) >= 11 is 0. The average molecular weight is 227 g/mol. The van der Waals surface area contributed by atoms with E-state index in [2.05, 4.69) is 20.7 Å². The Kier molecular flexibility index (Phi) is 3.25. The van der Waals surface area contributed by atoms with Gasteiger partial charge in [0.05, 0.1) is 0 Å². The van der Waals surface area contributed by atoms with Crippen molar-refractivity contribution in [2.45, 2.75) is 18.8 Å². The third-order valence-electron chi connectivity index (χ3n) is 2.67. The van der Waals surface area contributed by atoms with E-state index in [-0.39, 0.29) is 12.3 Å². The molecule has 1 unspecified atom stereocenters. The zero-order chi connectivity index (χ0) is 11.5. The molecule has 0 saturated heterocycles. The molecule has 0 aliphatic carbocycles. The number of methoxy groups -OCH3 is 2. The van der Waals surface area contributed by atoms with Crippen LogP contribution in [0.2, 0.25) is 0 Å². The van der Waals surface area contributed by atoms with Crippen LogP contribution >= 0.6 is 0 Å². The van der Waals surface area contributed by atoms with Gasteiger partial charge in [0, 0.05) is 27.8 Å². The first-order valence-corrected chi connectivity index (χ1v) is 5.24. The van der Waals surface area contributed by atoms with Gasteiger partial charge in [0.15, 0.2) is 6.29 Å². The van der Waals surface area contributed by atoms with Crippen LogP contribution in [0.1, 0.15) is 12.5 Å². The number of ether oxygens (including phenoxy) is 2. The van der Waals surface area contributed by atoms with Crippen LogP contribution in [0, 0.1) is 0 Å². The molecule has 1 aliphatic rings. The lowest BCUT2D eigenvalue weighted by Gasteiger charge is -2.29. The SMILES string of the molecule is CNc1nc2n(n1)C(C(OC)OC)CCN2. The quantitative estimate of drug-likeness (QED) is 0.720. The summed E-state index contributed by atoms with van der Waals surface area (Å²) in [5.74, 6) is 1.35. The van der Waals surface area contributed by atoms with E-state index in [1.165, 1.54) is 0 Å². The van der Waals surface area contributed by atoms with Gasteiger partial charge in [0.2, 0.25) is 11.9 Å². The molecule has 0 bridgehead atoms. The highest BCUT2D eigenvalue weighted by molar-refractivity contribution is 5.36. The van der Waals surface area contributed by atoms with Gasteiger partial charge in [-0.1, -0.05) is 0 Å². The van der Waals surface area contributed by atoms with E-state index in [1.54, 1.807) is 21.3 Å². The molecule has 0 radical (unpaired) electrons. The van der Waals surface area contributed by atoms with Gasteiger partial charge < -0.3 is 20.1 Å². The molecule has 7 heteroatoms. The second-order valence-corrected chi connectivity index (χ2v) is 3.58. The molecule has 7 nitrogen and oxygen atoms in total. The monoisotopic (exact) mass is 227 g/mol. The largest absolute Gasteiger partial charge is 0.356 e. The third kappa shape index (κ3) is 1.83. The Morgan fingerprint density at radius 2 is 2.25 bits per heavy atom. The van der Waals surface area contributed by atoms with Crippen LogP contribution in [0.4, 0.5) is 11.9 Å². The van der Waals surface area contributed by atoms with Gasteiger partial charge in [0.1, 0.15) is 6.04 Å². The van der Waals surface area contributed by atoms with Crippen molar-refractivity contribution in [3.05, 3.63) is 0 Å². The summed E-state index contributed by atoms with van der Waals surface area (Å²) in [5, 5.41) is 10.4. The summed E-state index contributed by atoms with van der Waals surface area (Å²) in [7, 11) is 5.05. The molecule has 2 rings (SSSR count). The van der Waals surface area contributed by atoms with Crippen molar-refractivity contribution in [2.75, 3.05) is 38.4 Å². The van der Waals surface area contributed by atoms with E-state index in [0.717, 1.165) is 18.9 Å². The van der Waals surface area contributed by atoms with Crippen LogP contribution in [-0.2, 0) is 9.47 Å². The molecule has 0 fully saturated rings. The van der Waals surface area contributed by atoms with Crippen LogP contribution in [0.15, 0.2) is 0 Å². The summed E-state index contributed by atoms with van der Waals surface area (Å²) in [6, 6.07) is 0.0563. The number of aromatic nitrogens is 3. The first-order chi connectivity index (χ1) is 7.80. The van der Waals surface area contributed by atoms with Crippen molar-refractivity contribution in [1.29, 1.82) is 0 Å². The third-order valence-corrected chi connectivity index (χ3v) is 2.67. The molecule has 0 aromatic carbocycles. The Bertz CT molecular complexity index is 350. The molecule has 0 saturated carbocycles. The predicted molar refractivity (Wildman–Crippen MR) is 59.5 cm³/mol. The van der Waals surface area contributed by atoms with E-state index in [4.69, 9.17) is 9.47 Å². The highest BCUT2D eigenvalue weighted by Crippen LogP contribution is 2.27. The summed E-state index contributed by atoms with van der Waals surface area (Å²) < 4.78 is 12.4. The maximum Gasteiger partial charge on any atom is 0.243 e. The van der Waals surface area contributed by atoms with Gasteiger partial charge in [-0.15, -0.1) is 5.10 Å². The molecule has 2 heterocycles. The van der Waals surface area contributed by atoms with Crippen LogP contribution < -0.4 is 10.6 Å². The topological polar surface area (TPSA) is 73.2 Å². The molecule has 0 amide bonds. The van der Waals surface area contributed by atoms with E-state index >= 15 is 0 Å². The molecule has 1 atom stereocenters. The highest BCUT2D eigenvalue weighted by Gasteiger charge is 2.30. The van der Waals surface area contributed by atoms with Crippen molar-refractivity contribution in [3.8, 4) is 0 Å². The van der Waals surface area contributed by atoms with Crippen molar-refractivity contribution in [3.63, 3.8) is 0 Å². The molecule has 2 N–H and O–H groups in total. The number of nitrogens with one attached hydrogen (secondary N) is 2. The Morgan fingerprint density at radius 1 is 1.50 bits per heavy atom. The lowest BCUT2D eigenvalue weighted by atomic mass is 10.2. The Hall–Kier alpha value is -1.34. The zero-order valence-corrected chi connectivity index (χ0v) is 9.73. The van der Waals surface area contributed by atoms with E-state index < -0.39 is 0 Å². The standard InChI is InChI=1S/C9H17N5O2/c1-10-8-12-9-11-5-4-6(14(9)13-8)7(15-2)16-3/h6-7H,4-5H2,1-3H3,(H2,10,11,12,13). The second kappa shape index (κ2) is 4.67. The minimum absolute atomic E-state index is 0.0563. The molecule has 0 spiro atoms. The van der Waals surface area contributed by atoms with Crippen LogP contribution in [0.3, 0.4) is 0 Å². The fourth-order valence-electron chi connectivity index (χ4n) is 1.90. The molecule has 16 heavy (non-hydrogen) atoms. The van der Waals surface area contributed by atoms with Crippen LogP contribution in [-0.4, -0.2) is 48.9 Å². The summed E-state index contributed by atoms with van der Waals surface area (Å²) in [6.07, 6.45) is 0.596. The van der Waals surface area contributed by atoms with E-state index in [0.29, 0.717) is 5.95 Å². The van der Waals surface area contributed by atoms with Gasteiger partial charge in [-0.05, 0) is 6.42 Å². The number of fused-ring (bicyclic) bond motifs is 1. The number of nitrogens with zero attached hydrogens (tertiary/aromatic N) is 3.